The van der Waals surface area contributed by atoms with E-state index >= 15 is 0 Å². The fourth-order valence-corrected chi connectivity index (χ4v) is 2.51. The Kier molecular flexibility index (Phi) is 4.62. The number of ether oxygens (including phenoxy) is 1. The number of carbonyl (C=O) groups excluding carboxylic acids is 1. The molecule has 1 aliphatic carbocycles. The fraction of sp³-hybridized carbons (Fsp3) is 0.429. The number of carboxylic acid groups (broad SMARTS) is 1. The van der Waals surface area contributed by atoms with Crippen LogP contribution in [0.25, 0.3) is 0 Å². The van der Waals surface area contributed by atoms with Crippen LogP contribution in [0.2, 0.25) is 0 Å². The topological polar surface area (TPSA) is 87.7 Å². The number of methoxy groups -OCH3 is 1. The molecule has 0 aromatic heterocycles. The first kappa shape index (κ1) is 15.1. The average molecular weight is 296 g/mol. The molecular weight excluding hydrogens is 279 g/mol. The van der Waals surface area contributed by atoms with E-state index in [1.165, 1.54) is 19.2 Å². The van der Waals surface area contributed by atoms with Crippen LogP contribution >= 0.6 is 0 Å². The second-order valence-electron chi connectivity index (χ2n) is 4.93. The Morgan fingerprint density at radius 2 is 2.14 bits per heavy atom. The van der Waals surface area contributed by atoms with Crippen LogP contribution in [-0.4, -0.2) is 30.3 Å². The Labute approximate surface area is 121 Å². The van der Waals surface area contributed by atoms with Gasteiger partial charge in [0.25, 0.3) is 0 Å². The number of halogens is 1. The minimum absolute atomic E-state index is 0.0858. The summed E-state index contributed by atoms with van der Waals surface area (Å²) in [7, 11) is 1.35. The minimum atomic E-state index is -0.909. The van der Waals surface area contributed by atoms with Crippen LogP contribution in [0, 0.1) is 11.7 Å². The normalized spacial score (nSPS) is 20.9. The molecule has 21 heavy (non-hydrogen) atoms. The lowest BCUT2D eigenvalue weighted by molar-refractivity contribution is -0.142. The van der Waals surface area contributed by atoms with Crippen LogP contribution in [0.5, 0.6) is 5.75 Å². The monoisotopic (exact) mass is 296 g/mol. The van der Waals surface area contributed by atoms with E-state index in [0.717, 1.165) is 12.5 Å². The molecule has 2 amide bonds. The summed E-state index contributed by atoms with van der Waals surface area (Å²) in [6.07, 6.45) is 1.94. The Bertz CT molecular complexity index is 550. The molecule has 2 unspecified atom stereocenters. The van der Waals surface area contributed by atoms with Crippen molar-refractivity contribution >= 4 is 17.7 Å². The van der Waals surface area contributed by atoms with Gasteiger partial charge in [-0.1, -0.05) is 6.42 Å². The number of benzene rings is 1. The largest absolute Gasteiger partial charge is 0.494 e. The summed E-state index contributed by atoms with van der Waals surface area (Å²) in [5, 5.41) is 14.1. The smallest absolute Gasteiger partial charge is 0.319 e. The van der Waals surface area contributed by atoms with Gasteiger partial charge in [-0.05, 0) is 25.0 Å². The number of rotatable bonds is 4. The van der Waals surface area contributed by atoms with Crippen molar-refractivity contribution in [2.75, 3.05) is 12.4 Å². The molecule has 0 aliphatic heterocycles. The van der Waals surface area contributed by atoms with Gasteiger partial charge in [-0.2, -0.15) is 0 Å². The molecule has 114 valence electrons. The lowest BCUT2D eigenvalue weighted by atomic mass is 10.0. The third-order valence-corrected chi connectivity index (χ3v) is 3.56. The summed E-state index contributed by atoms with van der Waals surface area (Å²) in [5.74, 6) is -1.97. The zero-order chi connectivity index (χ0) is 15.4. The predicted molar refractivity (Wildman–Crippen MR) is 73.9 cm³/mol. The van der Waals surface area contributed by atoms with Gasteiger partial charge in [0.2, 0.25) is 0 Å². The summed E-state index contributed by atoms with van der Waals surface area (Å²) in [6, 6.07) is 3.11. The third kappa shape index (κ3) is 3.62. The number of carbonyl (C=O) groups is 2. The highest BCUT2D eigenvalue weighted by Gasteiger charge is 2.33. The van der Waals surface area contributed by atoms with Gasteiger partial charge in [0.05, 0.1) is 13.0 Å². The van der Waals surface area contributed by atoms with E-state index in [4.69, 9.17) is 9.84 Å². The summed E-state index contributed by atoms with van der Waals surface area (Å²) < 4.78 is 18.3. The Morgan fingerprint density at radius 1 is 1.38 bits per heavy atom. The minimum Gasteiger partial charge on any atom is -0.494 e. The van der Waals surface area contributed by atoms with Crippen LogP contribution in [0.4, 0.5) is 14.9 Å². The van der Waals surface area contributed by atoms with Crippen molar-refractivity contribution in [3.63, 3.8) is 0 Å². The summed E-state index contributed by atoms with van der Waals surface area (Å²) in [4.78, 5) is 22.9. The lowest BCUT2D eigenvalue weighted by Gasteiger charge is -2.18. The highest BCUT2D eigenvalue weighted by atomic mass is 19.1. The first-order valence-electron chi connectivity index (χ1n) is 6.65. The first-order valence-corrected chi connectivity index (χ1v) is 6.65. The molecule has 1 aliphatic rings. The number of nitrogens with one attached hydrogen (secondary N) is 2. The molecule has 1 fully saturated rings. The molecule has 1 aromatic rings. The summed E-state index contributed by atoms with van der Waals surface area (Å²) in [5.41, 5.74) is 0.274. The average Bonchev–Trinajstić information content (AvgIpc) is 2.87. The van der Waals surface area contributed by atoms with Crippen molar-refractivity contribution in [1.29, 1.82) is 0 Å². The number of aliphatic carboxylic acids is 1. The highest BCUT2D eigenvalue weighted by Crippen LogP contribution is 2.26. The molecule has 2 rings (SSSR count). The standard InChI is InChI=1S/C14H17FN2O4/c1-21-12-6-5-8(7-10(12)15)16-14(20)17-11-4-2-3-9(11)13(18)19/h5-7,9,11H,2-4H2,1H3,(H,18,19)(H2,16,17,20). The van der Waals surface area contributed by atoms with Gasteiger partial charge >= 0.3 is 12.0 Å². The maximum absolute atomic E-state index is 13.5. The lowest BCUT2D eigenvalue weighted by Crippen LogP contribution is -2.42. The molecule has 6 nitrogen and oxygen atoms in total. The van der Waals surface area contributed by atoms with Crippen LogP contribution in [0.15, 0.2) is 18.2 Å². The second-order valence-corrected chi connectivity index (χ2v) is 4.93. The quantitative estimate of drug-likeness (QED) is 0.795. The van der Waals surface area contributed by atoms with E-state index in [1.807, 2.05) is 0 Å². The molecule has 1 aromatic carbocycles. The molecule has 0 bridgehead atoms. The molecule has 0 saturated heterocycles. The number of carboxylic acids is 1. The molecular formula is C14H17FN2O4. The Morgan fingerprint density at radius 3 is 2.76 bits per heavy atom. The van der Waals surface area contributed by atoms with Crippen LogP contribution in [0.3, 0.4) is 0 Å². The van der Waals surface area contributed by atoms with Gasteiger partial charge in [-0.15, -0.1) is 0 Å². The molecule has 1 saturated carbocycles. The molecule has 0 heterocycles. The highest BCUT2D eigenvalue weighted by molar-refractivity contribution is 5.90. The predicted octanol–water partition coefficient (Wildman–Crippen LogP) is 2.21. The number of hydrogen-bond donors (Lipinski definition) is 3. The van der Waals surface area contributed by atoms with Gasteiger partial charge in [0, 0.05) is 17.8 Å². The van der Waals surface area contributed by atoms with E-state index in [1.54, 1.807) is 0 Å². The summed E-state index contributed by atoms with van der Waals surface area (Å²) >= 11 is 0. The van der Waals surface area contributed by atoms with E-state index in [-0.39, 0.29) is 11.4 Å². The molecule has 0 radical (unpaired) electrons. The van der Waals surface area contributed by atoms with Gasteiger partial charge in [0.1, 0.15) is 0 Å². The fourth-order valence-electron chi connectivity index (χ4n) is 2.51. The van der Waals surface area contributed by atoms with Crippen LogP contribution in [-0.2, 0) is 4.79 Å². The second kappa shape index (κ2) is 6.43. The number of urea groups is 1. The summed E-state index contributed by atoms with van der Waals surface area (Å²) in [6.45, 7) is 0. The maximum Gasteiger partial charge on any atom is 0.319 e. The number of hydrogen-bond acceptors (Lipinski definition) is 3. The van der Waals surface area contributed by atoms with Crippen molar-refractivity contribution in [2.24, 2.45) is 5.92 Å². The van der Waals surface area contributed by atoms with Gasteiger partial charge < -0.3 is 20.5 Å². The third-order valence-electron chi connectivity index (χ3n) is 3.56. The van der Waals surface area contributed by atoms with Gasteiger partial charge in [-0.3, -0.25) is 4.79 Å². The van der Waals surface area contributed by atoms with E-state index in [9.17, 15) is 14.0 Å². The molecule has 3 N–H and O–H groups in total. The Balaban J connectivity index is 1.95. The van der Waals surface area contributed by atoms with Gasteiger partial charge in [0.15, 0.2) is 11.6 Å². The van der Waals surface area contributed by atoms with Crippen LogP contribution in [0.1, 0.15) is 19.3 Å². The Hall–Kier alpha value is -2.31. The van der Waals surface area contributed by atoms with Crippen molar-refractivity contribution in [2.45, 2.75) is 25.3 Å². The van der Waals surface area contributed by atoms with Crippen molar-refractivity contribution < 1.29 is 23.8 Å². The van der Waals surface area contributed by atoms with Crippen molar-refractivity contribution in [1.82, 2.24) is 5.32 Å². The zero-order valence-electron chi connectivity index (χ0n) is 11.6. The van der Waals surface area contributed by atoms with Gasteiger partial charge in [-0.25, -0.2) is 9.18 Å². The first-order chi connectivity index (χ1) is 10.0. The number of amides is 2. The SMILES string of the molecule is COc1ccc(NC(=O)NC2CCCC2C(=O)O)cc1F. The van der Waals surface area contributed by atoms with Crippen molar-refractivity contribution in [3.05, 3.63) is 24.0 Å². The van der Waals surface area contributed by atoms with E-state index < -0.39 is 29.8 Å². The number of anilines is 1. The van der Waals surface area contributed by atoms with Crippen LogP contribution < -0.4 is 15.4 Å². The van der Waals surface area contributed by atoms with E-state index in [2.05, 4.69) is 10.6 Å². The molecule has 2 atom stereocenters. The van der Waals surface area contributed by atoms with Crippen molar-refractivity contribution in [3.8, 4) is 5.75 Å². The zero-order valence-corrected chi connectivity index (χ0v) is 11.6. The van der Waals surface area contributed by atoms with E-state index in [0.29, 0.717) is 12.8 Å². The maximum atomic E-state index is 13.5. The molecule has 7 heteroatoms. The molecule has 0 spiro atoms.